The highest BCUT2D eigenvalue weighted by Gasteiger charge is 2.38. The Balaban J connectivity index is 2.13. The van der Waals surface area contributed by atoms with Crippen LogP contribution in [-0.2, 0) is 4.79 Å². The SMILES string of the molecule is CCOc1ccc(Br)cc1C(c1ccc(Br)cc1)N1CCCC1C(=O)O. The summed E-state index contributed by atoms with van der Waals surface area (Å²) < 4.78 is 7.81. The maximum absolute atomic E-state index is 11.8. The van der Waals surface area contributed by atoms with E-state index in [-0.39, 0.29) is 6.04 Å². The molecule has 0 amide bonds. The highest BCUT2D eigenvalue weighted by molar-refractivity contribution is 9.10. The standard InChI is InChI=1S/C20H21Br2NO3/c1-2-26-18-10-9-15(22)12-16(18)19(13-5-7-14(21)8-6-13)23-11-3-4-17(23)20(24)25/h5-10,12,17,19H,2-4,11H2,1H3,(H,24,25). The van der Waals surface area contributed by atoms with Gasteiger partial charge in [0.1, 0.15) is 11.8 Å². The number of rotatable bonds is 6. The summed E-state index contributed by atoms with van der Waals surface area (Å²) in [6, 6.07) is 13.3. The summed E-state index contributed by atoms with van der Waals surface area (Å²) in [5, 5.41) is 9.71. The molecule has 1 N–H and O–H groups in total. The molecule has 0 saturated carbocycles. The lowest BCUT2D eigenvalue weighted by atomic mass is 9.95. The maximum Gasteiger partial charge on any atom is 0.320 e. The number of carbonyl (C=O) groups is 1. The molecule has 2 aromatic rings. The van der Waals surface area contributed by atoms with E-state index in [9.17, 15) is 9.90 Å². The highest BCUT2D eigenvalue weighted by atomic mass is 79.9. The van der Waals surface area contributed by atoms with Gasteiger partial charge in [0.2, 0.25) is 0 Å². The van der Waals surface area contributed by atoms with Gasteiger partial charge in [-0.15, -0.1) is 0 Å². The van der Waals surface area contributed by atoms with Gasteiger partial charge in [-0.2, -0.15) is 0 Å². The Hall–Kier alpha value is -1.37. The molecule has 6 heteroatoms. The lowest BCUT2D eigenvalue weighted by Crippen LogP contribution is -2.39. The molecule has 1 aliphatic heterocycles. The first-order chi connectivity index (χ1) is 12.5. The van der Waals surface area contributed by atoms with Gasteiger partial charge in [-0.05, 0) is 55.7 Å². The third kappa shape index (κ3) is 4.13. The van der Waals surface area contributed by atoms with Crippen LogP contribution in [0.5, 0.6) is 5.75 Å². The molecule has 1 aliphatic rings. The van der Waals surface area contributed by atoms with E-state index in [1.807, 2.05) is 49.4 Å². The second-order valence-electron chi connectivity index (χ2n) is 6.30. The van der Waals surface area contributed by atoms with E-state index in [1.165, 1.54) is 0 Å². The minimum absolute atomic E-state index is 0.175. The van der Waals surface area contributed by atoms with Gasteiger partial charge in [-0.25, -0.2) is 0 Å². The van der Waals surface area contributed by atoms with Crippen molar-refractivity contribution in [2.45, 2.75) is 31.8 Å². The summed E-state index contributed by atoms with van der Waals surface area (Å²) in [6.07, 6.45) is 1.54. The molecule has 1 fully saturated rings. The lowest BCUT2D eigenvalue weighted by Gasteiger charge is -2.33. The number of aliphatic carboxylic acids is 1. The number of hydrogen-bond donors (Lipinski definition) is 1. The Bertz CT molecular complexity index is 779. The van der Waals surface area contributed by atoms with Crippen LogP contribution in [-0.4, -0.2) is 35.2 Å². The Labute approximate surface area is 170 Å². The molecule has 0 aromatic heterocycles. The number of nitrogens with zero attached hydrogens (tertiary/aromatic N) is 1. The van der Waals surface area contributed by atoms with Crippen molar-refractivity contribution >= 4 is 37.8 Å². The van der Waals surface area contributed by atoms with Crippen molar-refractivity contribution in [2.75, 3.05) is 13.2 Å². The molecule has 4 nitrogen and oxygen atoms in total. The molecular weight excluding hydrogens is 462 g/mol. The van der Waals surface area contributed by atoms with E-state index in [0.29, 0.717) is 13.0 Å². The van der Waals surface area contributed by atoms with Gasteiger partial charge in [0, 0.05) is 21.1 Å². The van der Waals surface area contributed by atoms with Gasteiger partial charge < -0.3 is 9.84 Å². The fraction of sp³-hybridized carbons (Fsp3) is 0.350. The van der Waals surface area contributed by atoms with Crippen molar-refractivity contribution in [1.29, 1.82) is 0 Å². The second-order valence-corrected chi connectivity index (χ2v) is 8.13. The predicted octanol–water partition coefficient (Wildman–Crippen LogP) is 5.25. The van der Waals surface area contributed by atoms with Crippen molar-refractivity contribution in [1.82, 2.24) is 4.90 Å². The molecule has 1 heterocycles. The third-order valence-corrected chi connectivity index (χ3v) is 5.68. The van der Waals surface area contributed by atoms with E-state index >= 15 is 0 Å². The first kappa shape index (κ1) is 19.4. The minimum atomic E-state index is -0.766. The number of carboxylic acid groups (broad SMARTS) is 1. The van der Waals surface area contributed by atoms with Crippen LogP contribution in [0.1, 0.15) is 36.9 Å². The van der Waals surface area contributed by atoms with Crippen molar-refractivity contribution in [3.05, 3.63) is 62.5 Å². The molecule has 1 saturated heterocycles. The fourth-order valence-corrected chi connectivity index (χ4v) is 4.22. The lowest BCUT2D eigenvalue weighted by molar-refractivity contribution is -0.142. The van der Waals surface area contributed by atoms with Crippen molar-refractivity contribution in [3.8, 4) is 5.75 Å². The van der Waals surface area contributed by atoms with Gasteiger partial charge in [-0.1, -0.05) is 44.0 Å². The summed E-state index contributed by atoms with van der Waals surface area (Å²) in [7, 11) is 0. The van der Waals surface area contributed by atoms with E-state index in [0.717, 1.165) is 38.8 Å². The van der Waals surface area contributed by atoms with E-state index in [4.69, 9.17) is 4.74 Å². The molecule has 2 unspecified atom stereocenters. The first-order valence-corrected chi connectivity index (χ1v) is 10.3. The second kappa shape index (κ2) is 8.55. The minimum Gasteiger partial charge on any atom is -0.494 e. The maximum atomic E-state index is 11.8. The predicted molar refractivity (Wildman–Crippen MR) is 109 cm³/mol. The summed E-state index contributed by atoms with van der Waals surface area (Å²) in [5.41, 5.74) is 2.04. The van der Waals surface area contributed by atoms with Crippen LogP contribution in [0.15, 0.2) is 51.4 Å². The summed E-state index contributed by atoms with van der Waals surface area (Å²) in [5.74, 6) is 0.0252. The van der Waals surface area contributed by atoms with Gasteiger partial charge in [-0.3, -0.25) is 9.69 Å². The zero-order chi connectivity index (χ0) is 18.7. The van der Waals surface area contributed by atoms with Gasteiger partial charge in [0.25, 0.3) is 0 Å². The van der Waals surface area contributed by atoms with Gasteiger partial charge in [0.05, 0.1) is 12.6 Å². The summed E-state index contributed by atoms with van der Waals surface area (Å²) in [4.78, 5) is 13.9. The number of hydrogen-bond acceptors (Lipinski definition) is 3. The average molecular weight is 483 g/mol. The van der Waals surface area contributed by atoms with E-state index in [1.54, 1.807) is 0 Å². The van der Waals surface area contributed by atoms with Gasteiger partial charge >= 0.3 is 5.97 Å². The topological polar surface area (TPSA) is 49.8 Å². The highest BCUT2D eigenvalue weighted by Crippen LogP contribution is 2.40. The molecular formula is C20H21Br2NO3. The molecule has 0 radical (unpaired) electrons. The van der Waals surface area contributed by atoms with Crippen LogP contribution in [0.25, 0.3) is 0 Å². The Morgan fingerprint density at radius 3 is 2.58 bits per heavy atom. The number of ether oxygens (including phenoxy) is 1. The van der Waals surface area contributed by atoms with E-state index in [2.05, 4.69) is 36.8 Å². The summed E-state index contributed by atoms with van der Waals surface area (Å²) >= 11 is 7.04. The molecule has 2 aromatic carbocycles. The van der Waals surface area contributed by atoms with Crippen LogP contribution in [0.4, 0.5) is 0 Å². The molecule has 2 atom stereocenters. The van der Waals surface area contributed by atoms with Crippen LogP contribution in [0, 0.1) is 0 Å². The van der Waals surface area contributed by atoms with Crippen molar-refractivity contribution in [2.24, 2.45) is 0 Å². The van der Waals surface area contributed by atoms with Crippen LogP contribution >= 0.6 is 31.9 Å². The van der Waals surface area contributed by atoms with Crippen molar-refractivity contribution in [3.63, 3.8) is 0 Å². The Morgan fingerprint density at radius 1 is 1.23 bits per heavy atom. The number of benzene rings is 2. The molecule has 138 valence electrons. The summed E-state index contributed by atoms with van der Waals surface area (Å²) in [6.45, 7) is 3.26. The molecule has 26 heavy (non-hydrogen) atoms. The van der Waals surface area contributed by atoms with Crippen LogP contribution in [0.3, 0.4) is 0 Å². The first-order valence-electron chi connectivity index (χ1n) is 8.67. The molecule has 0 spiro atoms. The van der Waals surface area contributed by atoms with Gasteiger partial charge in [0.15, 0.2) is 0 Å². The molecule has 0 bridgehead atoms. The fourth-order valence-electron chi connectivity index (χ4n) is 3.58. The zero-order valence-corrected chi connectivity index (χ0v) is 17.7. The largest absolute Gasteiger partial charge is 0.494 e. The number of carboxylic acids is 1. The van der Waals surface area contributed by atoms with Crippen LogP contribution < -0.4 is 4.74 Å². The van der Waals surface area contributed by atoms with Crippen LogP contribution in [0.2, 0.25) is 0 Å². The Kier molecular flexibility index (Phi) is 6.37. The third-order valence-electron chi connectivity index (χ3n) is 4.66. The Morgan fingerprint density at radius 2 is 1.92 bits per heavy atom. The zero-order valence-electron chi connectivity index (χ0n) is 14.5. The molecule has 3 rings (SSSR count). The smallest absolute Gasteiger partial charge is 0.320 e. The normalized spacial score (nSPS) is 18.7. The van der Waals surface area contributed by atoms with E-state index < -0.39 is 12.0 Å². The quantitative estimate of drug-likeness (QED) is 0.610. The van der Waals surface area contributed by atoms with Crippen molar-refractivity contribution < 1.29 is 14.6 Å². The monoisotopic (exact) mass is 481 g/mol. The molecule has 0 aliphatic carbocycles. The average Bonchev–Trinajstić information content (AvgIpc) is 3.09. The number of halogens is 2. The number of likely N-dealkylation sites (tertiary alicyclic amines) is 1.